The van der Waals surface area contributed by atoms with Crippen molar-refractivity contribution in [3.05, 3.63) is 59.2 Å². The maximum atomic E-state index is 12.6. The first-order valence-corrected chi connectivity index (χ1v) is 10.4. The number of carbonyl (C=O) groups is 1. The lowest BCUT2D eigenvalue weighted by molar-refractivity contribution is -0.114. The molecule has 0 bridgehead atoms. The summed E-state index contributed by atoms with van der Waals surface area (Å²) in [6, 6.07) is 13.1. The summed E-state index contributed by atoms with van der Waals surface area (Å²) in [5.74, 6) is -0.124. The van der Waals surface area contributed by atoms with Crippen molar-refractivity contribution in [3.63, 3.8) is 0 Å². The molecule has 1 amide bonds. The minimum atomic E-state index is -3.60. The molecule has 0 heterocycles. The van der Waals surface area contributed by atoms with Crippen molar-refractivity contribution < 1.29 is 13.2 Å². The Balaban J connectivity index is 2.30. The Labute approximate surface area is 156 Å². The van der Waals surface area contributed by atoms with Crippen LogP contribution in [0.3, 0.4) is 0 Å². The summed E-state index contributed by atoms with van der Waals surface area (Å²) in [6.45, 7) is 7.55. The minimum Gasteiger partial charge on any atom is -0.324 e. The molecule has 2 aromatic rings. The van der Waals surface area contributed by atoms with E-state index >= 15 is 0 Å². The van der Waals surface area contributed by atoms with Crippen molar-refractivity contribution >= 4 is 27.3 Å². The number of benzene rings is 2. The molecule has 140 valence electrons. The number of nitrogens with one attached hydrogen (secondary N) is 1. The number of para-hydroxylation sites is 1. The Morgan fingerprint density at radius 2 is 1.77 bits per heavy atom. The third-order valence-electron chi connectivity index (χ3n) is 4.18. The van der Waals surface area contributed by atoms with Crippen molar-refractivity contribution in [1.82, 2.24) is 0 Å². The number of hydrogen-bond acceptors (Lipinski definition) is 3. The second kappa shape index (κ2) is 7.91. The standard InChI is InChI=1S/C20H26N2O3S/c1-14(2)17-8-6-7-9-18(17)21-20(23)13-22(26(5,24)25)19-12-15(3)10-11-16(19)4/h6-12,14H,13H2,1-5H3,(H,21,23). The number of carbonyl (C=O) groups excluding carboxylic acids is 1. The van der Waals surface area contributed by atoms with E-state index in [1.807, 2.05) is 64.1 Å². The van der Waals surface area contributed by atoms with E-state index in [0.717, 1.165) is 27.3 Å². The van der Waals surface area contributed by atoms with E-state index in [1.165, 1.54) is 0 Å². The van der Waals surface area contributed by atoms with Crippen LogP contribution in [0.5, 0.6) is 0 Å². The first-order valence-electron chi connectivity index (χ1n) is 8.53. The largest absolute Gasteiger partial charge is 0.324 e. The van der Waals surface area contributed by atoms with Crippen LogP contribution in [-0.4, -0.2) is 27.1 Å². The minimum absolute atomic E-state index is 0.247. The molecular weight excluding hydrogens is 348 g/mol. The molecule has 0 aliphatic carbocycles. The Hall–Kier alpha value is -2.34. The summed E-state index contributed by atoms with van der Waals surface area (Å²) in [7, 11) is -3.60. The number of sulfonamides is 1. The summed E-state index contributed by atoms with van der Waals surface area (Å²) < 4.78 is 25.8. The molecule has 0 aromatic heterocycles. The predicted octanol–water partition coefficient (Wildman–Crippen LogP) is 3.83. The predicted molar refractivity (Wildman–Crippen MR) is 107 cm³/mol. The molecule has 0 aliphatic heterocycles. The normalized spacial score (nSPS) is 11.5. The molecule has 0 saturated carbocycles. The van der Waals surface area contributed by atoms with Crippen LogP contribution in [0.2, 0.25) is 0 Å². The first-order chi connectivity index (χ1) is 12.1. The van der Waals surface area contributed by atoms with Crippen LogP contribution >= 0.6 is 0 Å². The summed E-state index contributed by atoms with van der Waals surface area (Å²) >= 11 is 0. The van der Waals surface area contributed by atoms with Gasteiger partial charge in [-0.05, 0) is 48.6 Å². The zero-order valence-electron chi connectivity index (χ0n) is 15.9. The molecule has 0 unspecified atom stereocenters. The molecule has 0 radical (unpaired) electrons. The number of anilines is 2. The van der Waals surface area contributed by atoms with Crippen LogP contribution in [0.4, 0.5) is 11.4 Å². The fourth-order valence-electron chi connectivity index (χ4n) is 2.80. The molecule has 0 saturated heterocycles. The van der Waals surface area contributed by atoms with Crippen LogP contribution < -0.4 is 9.62 Å². The molecule has 1 N–H and O–H groups in total. The molecule has 2 aromatic carbocycles. The molecule has 0 atom stereocenters. The zero-order chi connectivity index (χ0) is 19.5. The van der Waals surface area contributed by atoms with Crippen LogP contribution in [0.25, 0.3) is 0 Å². The fraction of sp³-hybridized carbons (Fsp3) is 0.350. The average molecular weight is 375 g/mol. The van der Waals surface area contributed by atoms with Gasteiger partial charge in [0, 0.05) is 5.69 Å². The first kappa shape index (κ1) is 20.0. The van der Waals surface area contributed by atoms with Gasteiger partial charge < -0.3 is 5.32 Å². The SMILES string of the molecule is Cc1ccc(C)c(N(CC(=O)Nc2ccccc2C(C)C)S(C)(=O)=O)c1. The smallest absolute Gasteiger partial charge is 0.245 e. The lowest BCUT2D eigenvalue weighted by Gasteiger charge is -2.24. The highest BCUT2D eigenvalue weighted by Gasteiger charge is 2.23. The number of hydrogen-bond donors (Lipinski definition) is 1. The van der Waals surface area contributed by atoms with E-state index in [0.29, 0.717) is 11.4 Å². The monoisotopic (exact) mass is 374 g/mol. The van der Waals surface area contributed by atoms with Crippen molar-refractivity contribution in [3.8, 4) is 0 Å². The van der Waals surface area contributed by atoms with Gasteiger partial charge in [-0.2, -0.15) is 0 Å². The number of nitrogens with zero attached hydrogens (tertiary/aromatic N) is 1. The van der Waals surface area contributed by atoms with Crippen molar-refractivity contribution in [2.45, 2.75) is 33.6 Å². The lowest BCUT2D eigenvalue weighted by atomic mass is 10.0. The third-order valence-corrected chi connectivity index (χ3v) is 5.30. The molecule has 0 spiro atoms. The molecular formula is C20H26N2O3S. The van der Waals surface area contributed by atoms with Gasteiger partial charge in [-0.1, -0.05) is 44.2 Å². The van der Waals surface area contributed by atoms with E-state index in [4.69, 9.17) is 0 Å². The number of amides is 1. The van der Waals surface area contributed by atoms with Crippen LogP contribution in [0.1, 0.15) is 36.5 Å². The van der Waals surface area contributed by atoms with Crippen molar-refractivity contribution in [2.75, 3.05) is 22.4 Å². The average Bonchev–Trinajstić information content (AvgIpc) is 2.54. The highest BCUT2D eigenvalue weighted by Crippen LogP contribution is 2.26. The lowest BCUT2D eigenvalue weighted by Crippen LogP contribution is -2.38. The van der Waals surface area contributed by atoms with Crippen LogP contribution in [-0.2, 0) is 14.8 Å². The second-order valence-corrected chi connectivity index (χ2v) is 8.76. The summed E-state index contributed by atoms with van der Waals surface area (Å²) in [4.78, 5) is 12.6. The Morgan fingerprint density at radius 1 is 1.12 bits per heavy atom. The van der Waals surface area contributed by atoms with Gasteiger partial charge in [0.1, 0.15) is 6.54 Å². The van der Waals surface area contributed by atoms with Crippen molar-refractivity contribution in [1.29, 1.82) is 0 Å². The number of aryl methyl sites for hydroxylation is 2. The third kappa shape index (κ3) is 4.85. The molecule has 26 heavy (non-hydrogen) atoms. The maximum Gasteiger partial charge on any atom is 0.245 e. The van der Waals surface area contributed by atoms with Gasteiger partial charge in [0.15, 0.2) is 0 Å². The van der Waals surface area contributed by atoms with E-state index in [2.05, 4.69) is 5.32 Å². The van der Waals surface area contributed by atoms with E-state index in [9.17, 15) is 13.2 Å². The Morgan fingerprint density at radius 3 is 2.38 bits per heavy atom. The molecule has 0 fully saturated rings. The molecule has 2 rings (SSSR count). The second-order valence-electron chi connectivity index (χ2n) is 6.85. The Bertz CT molecular complexity index is 905. The molecule has 6 heteroatoms. The fourth-order valence-corrected chi connectivity index (χ4v) is 3.71. The maximum absolute atomic E-state index is 12.6. The Kier molecular flexibility index (Phi) is 6.08. The van der Waals surface area contributed by atoms with E-state index in [-0.39, 0.29) is 18.4 Å². The summed E-state index contributed by atoms with van der Waals surface area (Å²) in [6.07, 6.45) is 1.12. The zero-order valence-corrected chi connectivity index (χ0v) is 16.7. The van der Waals surface area contributed by atoms with Gasteiger partial charge in [-0.25, -0.2) is 8.42 Å². The molecule has 0 aliphatic rings. The van der Waals surface area contributed by atoms with Gasteiger partial charge in [-0.15, -0.1) is 0 Å². The van der Waals surface area contributed by atoms with Crippen LogP contribution in [0, 0.1) is 13.8 Å². The van der Waals surface area contributed by atoms with Gasteiger partial charge in [-0.3, -0.25) is 9.10 Å². The topological polar surface area (TPSA) is 66.5 Å². The number of rotatable bonds is 6. The summed E-state index contributed by atoms with van der Waals surface area (Å²) in [5.41, 5.74) is 3.99. The van der Waals surface area contributed by atoms with Gasteiger partial charge >= 0.3 is 0 Å². The van der Waals surface area contributed by atoms with E-state index < -0.39 is 10.0 Å². The highest BCUT2D eigenvalue weighted by molar-refractivity contribution is 7.92. The van der Waals surface area contributed by atoms with Crippen molar-refractivity contribution in [2.24, 2.45) is 0 Å². The van der Waals surface area contributed by atoms with Gasteiger partial charge in [0.05, 0.1) is 11.9 Å². The van der Waals surface area contributed by atoms with Gasteiger partial charge in [0.25, 0.3) is 0 Å². The highest BCUT2D eigenvalue weighted by atomic mass is 32.2. The van der Waals surface area contributed by atoms with E-state index in [1.54, 1.807) is 6.07 Å². The quantitative estimate of drug-likeness (QED) is 0.835. The van der Waals surface area contributed by atoms with Gasteiger partial charge in [0.2, 0.25) is 15.9 Å². The summed E-state index contributed by atoms with van der Waals surface area (Å²) in [5, 5.41) is 2.85. The molecule has 5 nitrogen and oxygen atoms in total. The van der Waals surface area contributed by atoms with Crippen LogP contribution in [0.15, 0.2) is 42.5 Å².